The molecule has 4 nitrogen and oxygen atoms in total. The molecule has 0 fully saturated rings. The van der Waals surface area contributed by atoms with Gasteiger partial charge in [0.1, 0.15) is 10.9 Å². The summed E-state index contributed by atoms with van der Waals surface area (Å²) in [6.07, 6.45) is 0. The smallest absolute Gasteiger partial charge is 0.315 e. The first-order chi connectivity index (χ1) is 9.63. The Kier molecular flexibility index (Phi) is 5.09. The summed E-state index contributed by atoms with van der Waals surface area (Å²) in [7, 11) is 2.99. The maximum absolute atomic E-state index is 11.1. The van der Waals surface area contributed by atoms with Gasteiger partial charge in [-0.25, -0.2) is 4.98 Å². The lowest BCUT2D eigenvalue weighted by Gasteiger charge is -2.07. The van der Waals surface area contributed by atoms with Gasteiger partial charge in [-0.1, -0.05) is 11.6 Å². The molecular formula is C14H14ClNO3S. The minimum atomic E-state index is -0.246. The number of pyridine rings is 1. The fraction of sp³-hybridized carbons (Fsp3) is 0.286. The topological polar surface area (TPSA) is 48.4 Å². The Morgan fingerprint density at radius 2 is 2.15 bits per heavy atom. The van der Waals surface area contributed by atoms with Gasteiger partial charge in [-0.2, -0.15) is 0 Å². The Morgan fingerprint density at radius 3 is 2.85 bits per heavy atom. The second-order valence-electron chi connectivity index (χ2n) is 4.07. The van der Waals surface area contributed by atoms with Crippen LogP contribution in [0.25, 0.3) is 10.9 Å². The number of carbonyl (C=O) groups excluding carboxylic acids is 1. The molecule has 0 radical (unpaired) electrons. The fourth-order valence-corrected chi connectivity index (χ4v) is 2.82. The predicted molar refractivity (Wildman–Crippen MR) is 81.5 cm³/mol. The van der Waals surface area contributed by atoms with Crippen molar-refractivity contribution < 1.29 is 14.3 Å². The van der Waals surface area contributed by atoms with E-state index >= 15 is 0 Å². The third-order valence-electron chi connectivity index (χ3n) is 2.76. The number of carbonyl (C=O) groups is 1. The number of rotatable bonds is 5. The van der Waals surface area contributed by atoms with E-state index in [0.29, 0.717) is 16.7 Å². The van der Waals surface area contributed by atoms with Crippen molar-refractivity contribution in [3.8, 4) is 5.75 Å². The van der Waals surface area contributed by atoms with Crippen molar-refractivity contribution in [3.63, 3.8) is 0 Å². The van der Waals surface area contributed by atoms with Crippen molar-refractivity contribution in [2.24, 2.45) is 0 Å². The van der Waals surface area contributed by atoms with Crippen LogP contribution in [0.4, 0.5) is 0 Å². The molecule has 1 aromatic carbocycles. The number of nitrogens with zero attached hydrogens (tertiary/aromatic N) is 1. The van der Waals surface area contributed by atoms with E-state index in [4.69, 9.17) is 16.3 Å². The van der Waals surface area contributed by atoms with Gasteiger partial charge in [-0.15, -0.1) is 11.8 Å². The lowest BCUT2D eigenvalue weighted by molar-refractivity contribution is -0.137. The van der Waals surface area contributed by atoms with Crippen molar-refractivity contribution in [2.45, 2.75) is 5.75 Å². The summed E-state index contributed by atoms with van der Waals surface area (Å²) in [5, 5.41) is 1.44. The van der Waals surface area contributed by atoms with E-state index in [-0.39, 0.29) is 5.97 Å². The zero-order valence-electron chi connectivity index (χ0n) is 11.2. The van der Waals surface area contributed by atoms with Crippen LogP contribution in [0, 0.1) is 0 Å². The standard InChI is InChI=1S/C14H14ClNO3S/c1-18-11-4-3-9-5-10(7-20-8-13(17)19-2)14(15)16-12(9)6-11/h3-6H,7-8H2,1-2H3. The molecule has 0 spiro atoms. The number of hydrogen-bond donors (Lipinski definition) is 0. The summed E-state index contributed by atoms with van der Waals surface area (Å²) in [4.78, 5) is 15.4. The van der Waals surface area contributed by atoms with E-state index in [1.807, 2.05) is 24.3 Å². The van der Waals surface area contributed by atoms with Crippen molar-refractivity contribution in [2.75, 3.05) is 20.0 Å². The molecule has 0 amide bonds. The summed E-state index contributed by atoms with van der Waals surface area (Å²) in [6.45, 7) is 0. The molecule has 0 aliphatic heterocycles. The van der Waals surface area contributed by atoms with E-state index < -0.39 is 0 Å². The maximum atomic E-state index is 11.1. The first-order valence-electron chi connectivity index (χ1n) is 5.91. The predicted octanol–water partition coefficient (Wildman–Crippen LogP) is 3.30. The summed E-state index contributed by atoms with van der Waals surface area (Å²) in [6, 6.07) is 7.64. The maximum Gasteiger partial charge on any atom is 0.315 e. The summed E-state index contributed by atoms with van der Waals surface area (Å²) < 4.78 is 9.75. The van der Waals surface area contributed by atoms with Gasteiger partial charge in [-0.05, 0) is 18.2 Å². The van der Waals surface area contributed by atoms with E-state index in [9.17, 15) is 4.79 Å². The molecule has 1 heterocycles. The fourth-order valence-electron chi connectivity index (χ4n) is 1.70. The van der Waals surface area contributed by atoms with Crippen LogP contribution in [-0.2, 0) is 15.3 Å². The van der Waals surface area contributed by atoms with Gasteiger partial charge in [0, 0.05) is 22.8 Å². The second-order valence-corrected chi connectivity index (χ2v) is 5.41. The van der Waals surface area contributed by atoms with Crippen LogP contribution in [0.1, 0.15) is 5.56 Å². The first-order valence-corrected chi connectivity index (χ1v) is 7.45. The Balaban J connectivity index is 2.18. The Labute approximate surface area is 126 Å². The number of aromatic nitrogens is 1. The molecule has 0 atom stereocenters. The number of thioether (sulfide) groups is 1. The van der Waals surface area contributed by atoms with Crippen LogP contribution in [0.15, 0.2) is 24.3 Å². The van der Waals surface area contributed by atoms with Gasteiger partial charge in [0.2, 0.25) is 0 Å². The van der Waals surface area contributed by atoms with Gasteiger partial charge >= 0.3 is 5.97 Å². The number of fused-ring (bicyclic) bond motifs is 1. The molecule has 20 heavy (non-hydrogen) atoms. The number of methoxy groups -OCH3 is 2. The Hall–Kier alpha value is -1.46. The second kappa shape index (κ2) is 6.81. The Morgan fingerprint density at radius 1 is 1.35 bits per heavy atom. The minimum absolute atomic E-state index is 0.246. The van der Waals surface area contributed by atoms with E-state index in [0.717, 1.165) is 22.2 Å². The molecule has 0 saturated carbocycles. The SMILES string of the molecule is COC(=O)CSCc1cc2ccc(OC)cc2nc1Cl. The minimum Gasteiger partial charge on any atom is -0.497 e. The van der Waals surface area contributed by atoms with E-state index in [1.54, 1.807) is 7.11 Å². The first kappa shape index (κ1) is 14.9. The highest BCUT2D eigenvalue weighted by Gasteiger charge is 2.08. The van der Waals surface area contributed by atoms with Crippen LogP contribution in [0.3, 0.4) is 0 Å². The number of esters is 1. The quantitative estimate of drug-likeness (QED) is 0.626. The molecule has 106 valence electrons. The number of benzene rings is 1. The van der Waals surface area contributed by atoms with Crippen molar-refractivity contribution >= 4 is 40.2 Å². The van der Waals surface area contributed by atoms with Gasteiger partial charge in [0.05, 0.1) is 25.5 Å². The van der Waals surface area contributed by atoms with Crippen LogP contribution in [0.2, 0.25) is 5.15 Å². The van der Waals surface area contributed by atoms with Crippen molar-refractivity contribution in [3.05, 3.63) is 35.0 Å². The van der Waals surface area contributed by atoms with Crippen LogP contribution in [-0.4, -0.2) is 30.9 Å². The zero-order chi connectivity index (χ0) is 14.5. The van der Waals surface area contributed by atoms with Gasteiger partial charge in [0.25, 0.3) is 0 Å². The lowest BCUT2D eigenvalue weighted by Crippen LogP contribution is -2.03. The van der Waals surface area contributed by atoms with Gasteiger partial charge in [-0.3, -0.25) is 4.79 Å². The van der Waals surface area contributed by atoms with E-state index in [2.05, 4.69) is 9.72 Å². The molecule has 2 aromatic rings. The molecule has 6 heteroatoms. The van der Waals surface area contributed by atoms with Gasteiger partial charge in [0.15, 0.2) is 0 Å². The molecule has 0 N–H and O–H groups in total. The Bertz CT molecular complexity index is 633. The summed E-state index contributed by atoms with van der Waals surface area (Å²) in [5.74, 6) is 1.41. The monoisotopic (exact) mass is 311 g/mol. The largest absolute Gasteiger partial charge is 0.497 e. The molecule has 0 aliphatic rings. The average Bonchev–Trinajstić information content (AvgIpc) is 2.46. The van der Waals surface area contributed by atoms with Crippen molar-refractivity contribution in [1.82, 2.24) is 4.98 Å². The number of halogens is 1. The van der Waals surface area contributed by atoms with Gasteiger partial charge < -0.3 is 9.47 Å². The summed E-state index contributed by atoms with van der Waals surface area (Å²) in [5.41, 5.74) is 1.69. The highest BCUT2D eigenvalue weighted by Crippen LogP contribution is 2.26. The molecule has 0 aliphatic carbocycles. The molecule has 0 bridgehead atoms. The lowest BCUT2D eigenvalue weighted by atomic mass is 10.1. The molecule has 1 aromatic heterocycles. The highest BCUT2D eigenvalue weighted by atomic mass is 35.5. The van der Waals surface area contributed by atoms with Crippen LogP contribution >= 0.6 is 23.4 Å². The number of hydrogen-bond acceptors (Lipinski definition) is 5. The van der Waals surface area contributed by atoms with Crippen LogP contribution in [0.5, 0.6) is 5.75 Å². The molecular weight excluding hydrogens is 298 g/mol. The third-order valence-corrected chi connectivity index (χ3v) is 4.04. The molecule has 0 saturated heterocycles. The van der Waals surface area contributed by atoms with Crippen LogP contribution < -0.4 is 4.74 Å². The van der Waals surface area contributed by atoms with Crippen molar-refractivity contribution in [1.29, 1.82) is 0 Å². The number of ether oxygens (including phenoxy) is 2. The third kappa shape index (κ3) is 3.55. The molecule has 2 rings (SSSR count). The van der Waals surface area contributed by atoms with E-state index in [1.165, 1.54) is 18.9 Å². The highest BCUT2D eigenvalue weighted by molar-refractivity contribution is 7.99. The summed E-state index contributed by atoms with van der Waals surface area (Å²) >= 11 is 7.61. The zero-order valence-corrected chi connectivity index (χ0v) is 12.8. The normalized spacial score (nSPS) is 10.6. The molecule has 0 unspecified atom stereocenters. The average molecular weight is 312 g/mol.